The first kappa shape index (κ1) is 13.6. The minimum atomic E-state index is -0.384. The van der Waals surface area contributed by atoms with Crippen LogP contribution in [0.15, 0.2) is 33.4 Å². The Morgan fingerprint density at radius 1 is 1.37 bits per heavy atom. The molecule has 0 aliphatic heterocycles. The summed E-state index contributed by atoms with van der Waals surface area (Å²) in [6.45, 7) is 4.15. The quantitative estimate of drug-likeness (QED) is 0.676. The third-order valence-corrected chi connectivity index (χ3v) is 3.55. The van der Waals surface area contributed by atoms with Crippen LogP contribution >= 0.6 is 15.9 Å². The summed E-state index contributed by atoms with van der Waals surface area (Å²) in [7, 11) is 0. The maximum atomic E-state index is 10.9. The van der Waals surface area contributed by atoms with E-state index < -0.39 is 0 Å². The molecule has 6 heteroatoms. The van der Waals surface area contributed by atoms with E-state index in [9.17, 15) is 10.1 Å². The molecule has 2 rings (SSSR count). The summed E-state index contributed by atoms with van der Waals surface area (Å²) in [5.41, 5.74) is 2.44. The summed E-state index contributed by atoms with van der Waals surface area (Å²) >= 11 is 3.40. The summed E-state index contributed by atoms with van der Waals surface area (Å²) in [6, 6.07) is 5.14. The Kier molecular flexibility index (Phi) is 3.90. The van der Waals surface area contributed by atoms with E-state index in [1.807, 2.05) is 13.0 Å². The smallest absolute Gasteiger partial charge is 0.274 e. The molecule has 0 aliphatic rings. The van der Waals surface area contributed by atoms with Gasteiger partial charge >= 0.3 is 0 Å². The molecular formula is C13H13BrN2O3. The van der Waals surface area contributed by atoms with Gasteiger partial charge in [-0.2, -0.15) is 0 Å². The number of halogens is 1. The van der Waals surface area contributed by atoms with E-state index in [1.165, 1.54) is 6.07 Å². The van der Waals surface area contributed by atoms with Crippen molar-refractivity contribution in [3.8, 4) is 0 Å². The molecule has 1 aromatic carbocycles. The van der Waals surface area contributed by atoms with Crippen molar-refractivity contribution in [3.05, 3.63) is 55.9 Å². The second kappa shape index (κ2) is 5.44. The minimum Gasteiger partial charge on any atom is -0.467 e. The van der Waals surface area contributed by atoms with E-state index in [1.54, 1.807) is 19.3 Å². The van der Waals surface area contributed by atoms with Gasteiger partial charge in [0.25, 0.3) is 5.69 Å². The second-order valence-corrected chi connectivity index (χ2v) is 5.11. The fraction of sp³-hybridized carbons (Fsp3) is 0.231. The molecule has 0 unspecified atom stereocenters. The molecule has 1 aromatic heterocycles. The number of rotatable bonds is 4. The Bertz CT molecular complexity index is 622. The maximum absolute atomic E-state index is 10.9. The topological polar surface area (TPSA) is 68.3 Å². The Morgan fingerprint density at radius 3 is 2.68 bits per heavy atom. The SMILES string of the molecule is Cc1cc(Br)c(NCc2occc2C)cc1[N+](=O)[O-]. The number of furan rings is 1. The van der Waals surface area contributed by atoms with Gasteiger partial charge in [-0.05, 0) is 47.5 Å². The van der Waals surface area contributed by atoms with Crippen LogP contribution in [0.25, 0.3) is 0 Å². The van der Waals surface area contributed by atoms with Crippen molar-refractivity contribution in [3.63, 3.8) is 0 Å². The van der Waals surface area contributed by atoms with Crippen molar-refractivity contribution in [2.24, 2.45) is 0 Å². The third kappa shape index (κ3) is 2.96. The lowest BCUT2D eigenvalue weighted by Gasteiger charge is -2.09. The van der Waals surface area contributed by atoms with Crippen molar-refractivity contribution in [2.75, 3.05) is 5.32 Å². The predicted octanol–water partition coefficient (Wildman–Crippen LogP) is 4.18. The summed E-state index contributed by atoms with van der Waals surface area (Å²) in [5, 5.41) is 14.0. The van der Waals surface area contributed by atoms with Crippen LogP contribution in [0.5, 0.6) is 0 Å². The molecule has 0 aliphatic carbocycles. The monoisotopic (exact) mass is 324 g/mol. The van der Waals surface area contributed by atoms with E-state index in [2.05, 4.69) is 21.2 Å². The van der Waals surface area contributed by atoms with Gasteiger partial charge in [-0.15, -0.1) is 0 Å². The first-order chi connectivity index (χ1) is 8.99. The molecule has 2 aromatic rings. The molecule has 0 atom stereocenters. The highest BCUT2D eigenvalue weighted by atomic mass is 79.9. The van der Waals surface area contributed by atoms with Crippen LogP contribution in [0.1, 0.15) is 16.9 Å². The van der Waals surface area contributed by atoms with Gasteiger partial charge in [-0.3, -0.25) is 10.1 Å². The van der Waals surface area contributed by atoms with Crippen LogP contribution < -0.4 is 5.32 Å². The van der Waals surface area contributed by atoms with E-state index in [0.29, 0.717) is 17.8 Å². The number of nitro benzene ring substituents is 1. The molecule has 0 bridgehead atoms. The minimum absolute atomic E-state index is 0.0990. The molecule has 0 saturated heterocycles. The van der Waals surface area contributed by atoms with Gasteiger partial charge in [0.2, 0.25) is 0 Å². The van der Waals surface area contributed by atoms with Gasteiger partial charge in [0, 0.05) is 16.1 Å². The summed E-state index contributed by atoms with van der Waals surface area (Å²) in [6.07, 6.45) is 1.62. The van der Waals surface area contributed by atoms with Crippen LogP contribution in [0, 0.1) is 24.0 Å². The van der Waals surface area contributed by atoms with Crippen LogP contribution in [0.2, 0.25) is 0 Å². The molecule has 0 radical (unpaired) electrons. The first-order valence-electron chi connectivity index (χ1n) is 5.70. The summed E-state index contributed by atoms with van der Waals surface area (Å²) < 4.78 is 6.11. The molecule has 0 amide bonds. The molecular weight excluding hydrogens is 312 g/mol. The number of hydrogen-bond donors (Lipinski definition) is 1. The van der Waals surface area contributed by atoms with E-state index in [4.69, 9.17) is 4.42 Å². The van der Waals surface area contributed by atoms with Gasteiger partial charge in [0.05, 0.1) is 23.4 Å². The van der Waals surface area contributed by atoms with Gasteiger partial charge in [0.1, 0.15) is 5.76 Å². The Morgan fingerprint density at radius 2 is 2.11 bits per heavy atom. The predicted molar refractivity (Wildman–Crippen MR) is 76.3 cm³/mol. The molecule has 0 saturated carbocycles. The highest BCUT2D eigenvalue weighted by Gasteiger charge is 2.14. The third-order valence-electron chi connectivity index (χ3n) is 2.89. The largest absolute Gasteiger partial charge is 0.467 e. The molecule has 1 heterocycles. The van der Waals surface area contributed by atoms with Gasteiger partial charge in [-0.25, -0.2) is 0 Å². The lowest BCUT2D eigenvalue weighted by atomic mass is 10.2. The number of anilines is 1. The van der Waals surface area contributed by atoms with Gasteiger partial charge in [-0.1, -0.05) is 0 Å². The average molecular weight is 325 g/mol. The Labute approximate surface area is 118 Å². The van der Waals surface area contributed by atoms with Crippen molar-refractivity contribution >= 4 is 27.3 Å². The fourth-order valence-electron chi connectivity index (χ4n) is 1.75. The number of nitrogens with one attached hydrogen (secondary N) is 1. The molecule has 5 nitrogen and oxygen atoms in total. The highest BCUT2D eigenvalue weighted by Crippen LogP contribution is 2.31. The number of nitro groups is 1. The van der Waals surface area contributed by atoms with Gasteiger partial charge < -0.3 is 9.73 Å². The highest BCUT2D eigenvalue weighted by molar-refractivity contribution is 9.10. The maximum Gasteiger partial charge on any atom is 0.274 e. The van der Waals surface area contributed by atoms with Crippen molar-refractivity contribution in [1.82, 2.24) is 0 Å². The fourth-order valence-corrected chi connectivity index (χ4v) is 2.35. The van der Waals surface area contributed by atoms with Gasteiger partial charge in [0.15, 0.2) is 0 Å². The van der Waals surface area contributed by atoms with Crippen molar-refractivity contribution < 1.29 is 9.34 Å². The van der Waals surface area contributed by atoms with E-state index in [-0.39, 0.29) is 10.6 Å². The normalized spacial score (nSPS) is 10.5. The number of benzene rings is 1. The number of nitrogens with zero attached hydrogens (tertiary/aromatic N) is 1. The Balaban J connectivity index is 2.23. The molecule has 1 N–H and O–H groups in total. The second-order valence-electron chi connectivity index (χ2n) is 4.26. The zero-order chi connectivity index (χ0) is 14.0. The first-order valence-corrected chi connectivity index (χ1v) is 6.49. The zero-order valence-corrected chi connectivity index (χ0v) is 12.2. The summed E-state index contributed by atoms with van der Waals surface area (Å²) in [4.78, 5) is 10.5. The standard InChI is InChI=1S/C13H13BrN2O3/c1-8-3-4-19-13(8)7-15-11-6-12(16(17)18)9(2)5-10(11)14/h3-6,15H,7H2,1-2H3. The van der Waals surface area contributed by atoms with E-state index >= 15 is 0 Å². The van der Waals surface area contributed by atoms with Crippen LogP contribution in [-0.2, 0) is 6.54 Å². The Hall–Kier alpha value is -1.82. The lowest BCUT2D eigenvalue weighted by molar-refractivity contribution is -0.385. The molecule has 100 valence electrons. The van der Waals surface area contributed by atoms with Crippen molar-refractivity contribution in [2.45, 2.75) is 20.4 Å². The van der Waals surface area contributed by atoms with Crippen LogP contribution in [-0.4, -0.2) is 4.92 Å². The molecule has 0 spiro atoms. The van der Waals surface area contributed by atoms with Crippen LogP contribution in [0.4, 0.5) is 11.4 Å². The van der Waals surface area contributed by atoms with Crippen LogP contribution in [0.3, 0.4) is 0 Å². The average Bonchev–Trinajstić information content (AvgIpc) is 2.73. The molecule has 0 fully saturated rings. The molecule has 19 heavy (non-hydrogen) atoms. The number of aryl methyl sites for hydroxylation is 2. The summed E-state index contributed by atoms with van der Waals surface area (Å²) in [5.74, 6) is 0.815. The zero-order valence-electron chi connectivity index (χ0n) is 10.6. The van der Waals surface area contributed by atoms with E-state index in [0.717, 1.165) is 15.8 Å². The van der Waals surface area contributed by atoms with Crippen molar-refractivity contribution in [1.29, 1.82) is 0 Å². The number of hydrogen-bond acceptors (Lipinski definition) is 4. The lowest BCUT2D eigenvalue weighted by Crippen LogP contribution is -2.02.